The third-order valence-corrected chi connectivity index (χ3v) is 6.43. The number of piperidine rings is 1. The Labute approximate surface area is 121 Å². The Morgan fingerprint density at radius 3 is 2.25 bits per heavy atom. The first-order valence-corrected chi connectivity index (χ1v) is 8.45. The van der Waals surface area contributed by atoms with Crippen molar-refractivity contribution in [1.82, 2.24) is 14.1 Å². The molecule has 1 fully saturated rings. The van der Waals surface area contributed by atoms with Crippen LogP contribution >= 0.6 is 0 Å². The number of sulfonamides is 1. The first-order chi connectivity index (χ1) is 9.25. The van der Waals surface area contributed by atoms with Crippen LogP contribution in [0.25, 0.3) is 0 Å². The van der Waals surface area contributed by atoms with Crippen LogP contribution in [0.4, 0.5) is 0 Å². The van der Waals surface area contributed by atoms with Gasteiger partial charge in [-0.05, 0) is 39.5 Å². The van der Waals surface area contributed by atoms with E-state index in [2.05, 4.69) is 5.10 Å². The van der Waals surface area contributed by atoms with Crippen molar-refractivity contribution in [1.29, 1.82) is 0 Å². The van der Waals surface area contributed by atoms with Gasteiger partial charge in [-0.15, -0.1) is 0 Å². The summed E-state index contributed by atoms with van der Waals surface area (Å²) >= 11 is 0. The van der Waals surface area contributed by atoms with Gasteiger partial charge in [0.1, 0.15) is 4.90 Å². The van der Waals surface area contributed by atoms with Gasteiger partial charge in [-0.1, -0.05) is 0 Å². The number of hydrogen-bond donors (Lipinski definition) is 1. The molecule has 2 rings (SSSR count). The molecule has 0 aliphatic carbocycles. The lowest BCUT2D eigenvalue weighted by atomic mass is 9.92. The van der Waals surface area contributed by atoms with Crippen LogP contribution in [0.15, 0.2) is 4.90 Å². The highest BCUT2D eigenvalue weighted by atomic mass is 32.2. The lowest BCUT2D eigenvalue weighted by Gasteiger charge is -2.32. The van der Waals surface area contributed by atoms with Crippen molar-refractivity contribution in [2.24, 2.45) is 18.7 Å². The zero-order valence-corrected chi connectivity index (χ0v) is 13.4. The van der Waals surface area contributed by atoms with Crippen LogP contribution in [-0.4, -0.2) is 41.6 Å². The predicted octanol–water partition coefficient (Wildman–Crippen LogP) is 0.785. The lowest BCUT2D eigenvalue weighted by molar-refractivity contribution is 0.250. The molecule has 0 spiro atoms. The van der Waals surface area contributed by atoms with Crippen LogP contribution in [0.2, 0.25) is 0 Å². The molecule has 0 bridgehead atoms. The summed E-state index contributed by atoms with van der Waals surface area (Å²) in [7, 11) is -1.67. The molecule has 1 unspecified atom stereocenters. The Bertz CT molecular complexity index is 584. The smallest absolute Gasteiger partial charge is 0.246 e. The molecule has 1 aromatic rings. The fraction of sp³-hybridized carbons (Fsp3) is 0.769. The van der Waals surface area contributed by atoms with Crippen molar-refractivity contribution in [2.75, 3.05) is 13.1 Å². The van der Waals surface area contributed by atoms with Gasteiger partial charge in [0.2, 0.25) is 10.0 Å². The number of rotatable bonds is 3. The molecular weight excluding hydrogens is 276 g/mol. The summed E-state index contributed by atoms with van der Waals surface area (Å²) in [6.07, 6.45) is 1.66. The normalized spacial score (nSPS) is 20.2. The van der Waals surface area contributed by atoms with Crippen LogP contribution in [-0.2, 0) is 17.1 Å². The molecule has 0 radical (unpaired) electrons. The van der Waals surface area contributed by atoms with E-state index >= 15 is 0 Å². The highest BCUT2D eigenvalue weighted by molar-refractivity contribution is 7.89. The summed E-state index contributed by atoms with van der Waals surface area (Å²) in [6.45, 7) is 6.62. The van der Waals surface area contributed by atoms with E-state index in [1.165, 1.54) is 0 Å². The molecule has 20 heavy (non-hydrogen) atoms. The first kappa shape index (κ1) is 15.5. The first-order valence-electron chi connectivity index (χ1n) is 7.01. The third kappa shape index (κ3) is 2.62. The molecule has 1 aromatic heterocycles. The van der Waals surface area contributed by atoms with Gasteiger partial charge in [0.15, 0.2) is 0 Å². The minimum Gasteiger partial charge on any atom is -0.328 e. The Kier molecular flexibility index (Phi) is 4.22. The van der Waals surface area contributed by atoms with Gasteiger partial charge in [0, 0.05) is 26.2 Å². The maximum atomic E-state index is 12.8. The Morgan fingerprint density at radius 2 is 1.85 bits per heavy atom. The Balaban J connectivity index is 2.24. The summed E-state index contributed by atoms with van der Waals surface area (Å²) in [4.78, 5) is 0.360. The second-order valence-corrected chi connectivity index (χ2v) is 7.60. The van der Waals surface area contributed by atoms with E-state index in [4.69, 9.17) is 5.73 Å². The largest absolute Gasteiger partial charge is 0.328 e. The van der Waals surface area contributed by atoms with Gasteiger partial charge in [-0.25, -0.2) is 8.42 Å². The van der Waals surface area contributed by atoms with Crippen molar-refractivity contribution in [3.8, 4) is 0 Å². The predicted molar refractivity (Wildman–Crippen MR) is 77.8 cm³/mol. The van der Waals surface area contributed by atoms with E-state index in [1.807, 2.05) is 6.92 Å². The topological polar surface area (TPSA) is 81.2 Å². The SMILES string of the molecule is Cc1nn(C)c(C)c1S(=O)(=O)N1CCC(C(C)N)CC1. The molecule has 0 amide bonds. The molecule has 2 N–H and O–H groups in total. The van der Waals surface area contributed by atoms with Gasteiger partial charge >= 0.3 is 0 Å². The number of nitrogens with zero attached hydrogens (tertiary/aromatic N) is 3. The minimum atomic E-state index is -3.44. The molecule has 114 valence electrons. The summed E-state index contributed by atoms with van der Waals surface area (Å²) in [6, 6.07) is 0.127. The van der Waals surface area contributed by atoms with Crippen molar-refractivity contribution in [3.63, 3.8) is 0 Å². The van der Waals surface area contributed by atoms with Gasteiger partial charge < -0.3 is 5.73 Å². The summed E-state index contributed by atoms with van der Waals surface area (Å²) < 4.78 is 28.7. The Morgan fingerprint density at radius 1 is 1.30 bits per heavy atom. The average molecular weight is 300 g/mol. The maximum absolute atomic E-state index is 12.8. The molecular formula is C13H24N4O2S. The van der Waals surface area contributed by atoms with Crippen LogP contribution in [0.1, 0.15) is 31.2 Å². The van der Waals surface area contributed by atoms with E-state index in [0.29, 0.717) is 35.3 Å². The van der Waals surface area contributed by atoms with Gasteiger partial charge in [0.05, 0.1) is 11.4 Å². The second kappa shape index (κ2) is 5.46. The standard InChI is InChI=1S/C13H24N4O2S/c1-9(14)12-5-7-17(8-6-12)20(18,19)13-10(2)15-16(4)11(13)3/h9,12H,5-8,14H2,1-4H3. The maximum Gasteiger partial charge on any atom is 0.246 e. The van der Waals surface area contributed by atoms with E-state index in [9.17, 15) is 8.42 Å². The molecule has 0 saturated carbocycles. The number of aryl methyl sites for hydroxylation is 2. The molecule has 1 aliphatic heterocycles. The summed E-state index contributed by atoms with van der Waals surface area (Å²) in [5.41, 5.74) is 7.16. The summed E-state index contributed by atoms with van der Waals surface area (Å²) in [5.74, 6) is 0.414. The van der Waals surface area contributed by atoms with Gasteiger partial charge in [-0.2, -0.15) is 9.40 Å². The van der Waals surface area contributed by atoms with E-state index in [1.54, 1.807) is 29.9 Å². The number of nitrogens with two attached hydrogens (primary N) is 1. The lowest BCUT2D eigenvalue weighted by Crippen LogP contribution is -2.42. The quantitative estimate of drug-likeness (QED) is 0.894. The zero-order valence-electron chi connectivity index (χ0n) is 12.6. The van der Waals surface area contributed by atoms with Crippen molar-refractivity contribution < 1.29 is 8.42 Å². The third-order valence-electron chi connectivity index (χ3n) is 4.28. The van der Waals surface area contributed by atoms with Crippen LogP contribution in [0.3, 0.4) is 0 Å². The van der Waals surface area contributed by atoms with Gasteiger partial charge in [0.25, 0.3) is 0 Å². The molecule has 0 aromatic carbocycles. The average Bonchev–Trinajstić information content (AvgIpc) is 2.63. The van der Waals surface area contributed by atoms with Gasteiger partial charge in [-0.3, -0.25) is 4.68 Å². The number of aromatic nitrogens is 2. The van der Waals surface area contributed by atoms with E-state index in [0.717, 1.165) is 12.8 Å². The molecule has 7 heteroatoms. The molecule has 1 saturated heterocycles. The Hall–Kier alpha value is -0.920. The van der Waals surface area contributed by atoms with Crippen molar-refractivity contribution in [2.45, 2.75) is 44.6 Å². The summed E-state index contributed by atoms with van der Waals surface area (Å²) in [5, 5.41) is 4.21. The monoisotopic (exact) mass is 300 g/mol. The minimum absolute atomic E-state index is 0.127. The number of hydrogen-bond acceptors (Lipinski definition) is 4. The molecule has 1 aliphatic rings. The fourth-order valence-corrected chi connectivity index (χ4v) is 4.77. The molecule has 6 nitrogen and oxygen atoms in total. The highest BCUT2D eigenvalue weighted by Gasteiger charge is 2.33. The second-order valence-electron chi connectivity index (χ2n) is 5.72. The van der Waals surface area contributed by atoms with Crippen molar-refractivity contribution in [3.05, 3.63) is 11.4 Å². The van der Waals surface area contributed by atoms with Crippen LogP contribution in [0, 0.1) is 19.8 Å². The zero-order chi connectivity index (χ0) is 15.1. The fourth-order valence-electron chi connectivity index (χ4n) is 2.90. The molecule has 2 heterocycles. The van der Waals surface area contributed by atoms with Crippen LogP contribution < -0.4 is 5.73 Å². The van der Waals surface area contributed by atoms with E-state index in [-0.39, 0.29) is 6.04 Å². The molecule has 1 atom stereocenters. The highest BCUT2D eigenvalue weighted by Crippen LogP contribution is 2.28. The van der Waals surface area contributed by atoms with Crippen LogP contribution in [0.5, 0.6) is 0 Å². The van der Waals surface area contributed by atoms with Crippen molar-refractivity contribution >= 4 is 10.0 Å². The van der Waals surface area contributed by atoms with E-state index < -0.39 is 10.0 Å².